The number of halogens is 3. The molecule has 1 saturated heterocycles. The van der Waals surface area contributed by atoms with E-state index in [9.17, 15) is 36.3 Å². The second-order valence-corrected chi connectivity index (χ2v) is 14.2. The van der Waals surface area contributed by atoms with Crippen LogP contribution in [0.4, 0.5) is 13.2 Å². The second kappa shape index (κ2) is 9.17. The number of aliphatic hydroxyl groups is 1. The summed E-state index contributed by atoms with van der Waals surface area (Å²) in [6, 6.07) is 3.80. The summed E-state index contributed by atoms with van der Waals surface area (Å²) in [6.07, 6.45) is -0.263. The molecule has 6 rings (SSSR count). The van der Waals surface area contributed by atoms with Crippen molar-refractivity contribution >= 4 is 21.9 Å². The maximum atomic E-state index is 13.7. The molecule has 2 N–H and O–H groups in total. The van der Waals surface area contributed by atoms with Gasteiger partial charge in [-0.2, -0.15) is 17.5 Å². The Balaban J connectivity index is 1.35. The standard InChI is InChI=1S/C27H35F3N2O6S/c1-24(22(33)31-21-17-11-16-12-18(21)15-26(13-16,14-17)23(34)38-3)9-4-10-32(24)39(36,37)20-7-5-19(6-8-20)25(2,35)27(28,29)30/h5-8,16-18,21,35H,4,9-15H2,1-3H3,(H,31,33)/t16?,17?,18?,21?,24-,25?,26?/m1/s1. The van der Waals surface area contributed by atoms with Crippen molar-refractivity contribution in [1.29, 1.82) is 0 Å². The molecule has 1 amide bonds. The number of carbonyl (C=O) groups excluding carboxylic acids is 2. The number of nitrogens with zero attached hydrogens (tertiary/aromatic N) is 1. The number of alkyl halides is 3. The Morgan fingerprint density at radius 2 is 1.69 bits per heavy atom. The lowest BCUT2D eigenvalue weighted by atomic mass is 9.48. The van der Waals surface area contributed by atoms with Gasteiger partial charge < -0.3 is 15.2 Å². The van der Waals surface area contributed by atoms with Crippen LogP contribution in [-0.2, 0) is 30.0 Å². The summed E-state index contributed by atoms with van der Waals surface area (Å²) in [6.45, 7) is 2.29. The van der Waals surface area contributed by atoms with E-state index in [0.717, 1.165) is 47.8 Å². The molecule has 5 aliphatic rings. The molecule has 39 heavy (non-hydrogen) atoms. The van der Waals surface area contributed by atoms with Crippen molar-refractivity contribution in [3.8, 4) is 0 Å². The molecule has 4 aliphatic carbocycles. The molecule has 12 heteroatoms. The first-order chi connectivity index (χ1) is 18.0. The molecule has 1 aliphatic heterocycles. The molecular weight excluding hydrogens is 537 g/mol. The highest BCUT2D eigenvalue weighted by molar-refractivity contribution is 7.89. The third kappa shape index (κ3) is 4.37. The summed E-state index contributed by atoms with van der Waals surface area (Å²) in [7, 11) is -2.82. The van der Waals surface area contributed by atoms with Gasteiger partial charge in [0.2, 0.25) is 15.9 Å². The first-order valence-electron chi connectivity index (χ1n) is 13.4. The Hall–Kier alpha value is -2.18. The number of benzene rings is 1. The average molecular weight is 573 g/mol. The van der Waals surface area contributed by atoms with Crippen molar-refractivity contribution in [3.05, 3.63) is 29.8 Å². The van der Waals surface area contributed by atoms with E-state index >= 15 is 0 Å². The first kappa shape index (κ1) is 28.4. The maximum absolute atomic E-state index is 13.7. The van der Waals surface area contributed by atoms with E-state index in [2.05, 4.69) is 5.32 Å². The lowest BCUT2D eigenvalue weighted by Gasteiger charge is -2.58. The topological polar surface area (TPSA) is 113 Å². The SMILES string of the molecule is COC(=O)C12CC3CC(C1)C(NC(=O)[C@@]1(C)CCCN1S(=O)(=O)c1ccc(C(C)(O)C(F)(F)F)cc1)C(C3)C2. The number of ether oxygens (including phenoxy) is 1. The van der Waals surface area contributed by atoms with E-state index in [-0.39, 0.29) is 35.3 Å². The summed E-state index contributed by atoms with van der Waals surface area (Å²) in [5.41, 5.74) is -5.49. The third-order valence-corrected chi connectivity index (χ3v) is 11.8. The van der Waals surface area contributed by atoms with E-state index in [1.807, 2.05) is 0 Å². The minimum absolute atomic E-state index is 0.0965. The highest BCUT2D eigenvalue weighted by Crippen LogP contribution is 2.60. The van der Waals surface area contributed by atoms with Crippen LogP contribution in [0.1, 0.15) is 64.4 Å². The smallest absolute Gasteiger partial charge is 0.421 e. The van der Waals surface area contributed by atoms with E-state index in [1.54, 1.807) is 6.92 Å². The van der Waals surface area contributed by atoms with Gasteiger partial charge in [-0.25, -0.2) is 8.42 Å². The Morgan fingerprint density at radius 1 is 1.10 bits per heavy atom. The number of rotatable bonds is 6. The fraction of sp³-hybridized carbons (Fsp3) is 0.704. The van der Waals surface area contributed by atoms with E-state index in [4.69, 9.17) is 4.74 Å². The maximum Gasteiger partial charge on any atom is 0.421 e. The zero-order valence-electron chi connectivity index (χ0n) is 22.3. The monoisotopic (exact) mass is 572 g/mol. The number of amides is 1. The fourth-order valence-electron chi connectivity index (χ4n) is 7.83. The van der Waals surface area contributed by atoms with Crippen molar-refractivity contribution in [2.24, 2.45) is 23.2 Å². The van der Waals surface area contributed by atoms with Crippen LogP contribution in [0, 0.1) is 23.2 Å². The molecule has 0 spiro atoms. The van der Waals surface area contributed by atoms with Crippen LogP contribution in [0.15, 0.2) is 29.2 Å². The van der Waals surface area contributed by atoms with Crippen LogP contribution in [0.5, 0.6) is 0 Å². The Labute approximate surface area is 226 Å². The number of methoxy groups -OCH3 is 1. The third-order valence-electron chi connectivity index (χ3n) is 9.81. The summed E-state index contributed by atoms with van der Waals surface area (Å²) in [5, 5.41) is 13.1. The Bertz CT molecular complexity index is 1250. The van der Waals surface area contributed by atoms with Gasteiger partial charge in [-0.1, -0.05) is 12.1 Å². The predicted octanol–water partition coefficient (Wildman–Crippen LogP) is 3.48. The van der Waals surface area contributed by atoms with Crippen LogP contribution in [0.25, 0.3) is 0 Å². The van der Waals surface area contributed by atoms with Crippen molar-refractivity contribution in [3.63, 3.8) is 0 Å². The van der Waals surface area contributed by atoms with Crippen LogP contribution >= 0.6 is 0 Å². The van der Waals surface area contributed by atoms with Gasteiger partial charge in [-0.15, -0.1) is 0 Å². The van der Waals surface area contributed by atoms with Gasteiger partial charge in [0.25, 0.3) is 0 Å². The van der Waals surface area contributed by atoms with Crippen molar-refractivity contribution < 1.29 is 41.0 Å². The zero-order valence-corrected chi connectivity index (χ0v) is 23.1. The zero-order chi connectivity index (χ0) is 28.6. The van der Waals surface area contributed by atoms with Crippen LogP contribution in [-0.4, -0.2) is 61.1 Å². The fourth-order valence-corrected chi connectivity index (χ4v) is 9.63. The molecular formula is C27H35F3N2O6S. The van der Waals surface area contributed by atoms with Crippen molar-refractivity contribution in [2.45, 2.75) is 87.0 Å². The minimum Gasteiger partial charge on any atom is -0.469 e. The van der Waals surface area contributed by atoms with Gasteiger partial charge in [0, 0.05) is 12.6 Å². The molecule has 4 saturated carbocycles. The van der Waals surface area contributed by atoms with Gasteiger partial charge in [0.1, 0.15) is 5.54 Å². The number of esters is 1. The molecule has 4 bridgehead atoms. The lowest BCUT2D eigenvalue weighted by Crippen LogP contribution is -2.64. The predicted molar refractivity (Wildman–Crippen MR) is 134 cm³/mol. The van der Waals surface area contributed by atoms with E-state index in [1.165, 1.54) is 7.11 Å². The van der Waals surface area contributed by atoms with Gasteiger partial charge in [-0.3, -0.25) is 9.59 Å². The highest BCUT2D eigenvalue weighted by Gasteiger charge is 2.60. The average Bonchev–Trinajstić information content (AvgIpc) is 3.28. The van der Waals surface area contributed by atoms with Gasteiger partial charge in [0.15, 0.2) is 5.60 Å². The molecule has 1 aromatic rings. The molecule has 0 radical (unpaired) electrons. The summed E-state index contributed by atoms with van der Waals surface area (Å²) in [4.78, 5) is 26.1. The minimum atomic E-state index is -4.94. The molecule has 4 atom stereocenters. The molecule has 5 fully saturated rings. The Morgan fingerprint density at radius 3 is 2.23 bits per heavy atom. The van der Waals surface area contributed by atoms with E-state index in [0.29, 0.717) is 38.5 Å². The Kier molecular flexibility index (Phi) is 6.67. The number of nitrogens with one attached hydrogen (secondary N) is 1. The number of hydrogen-bond acceptors (Lipinski definition) is 6. The van der Waals surface area contributed by atoms with Gasteiger partial charge in [-0.05, 0) is 94.2 Å². The first-order valence-corrected chi connectivity index (χ1v) is 14.8. The summed E-state index contributed by atoms with van der Waals surface area (Å²) < 4.78 is 73.1. The number of sulfonamides is 1. The summed E-state index contributed by atoms with van der Waals surface area (Å²) >= 11 is 0. The largest absolute Gasteiger partial charge is 0.469 e. The quantitative estimate of drug-likeness (QED) is 0.505. The van der Waals surface area contributed by atoms with E-state index < -0.39 is 44.2 Å². The summed E-state index contributed by atoms with van der Waals surface area (Å²) in [5.74, 6) is 0.0562. The van der Waals surface area contributed by atoms with Gasteiger partial charge in [0.05, 0.1) is 17.4 Å². The van der Waals surface area contributed by atoms with Crippen LogP contribution < -0.4 is 5.32 Å². The van der Waals surface area contributed by atoms with Crippen LogP contribution in [0.2, 0.25) is 0 Å². The van der Waals surface area contributed by atoms with Crippen LogP contribution in [0.3, 0.4) is 0 Å². The molecule has 216 valence electrons. The molecule has 8 nitrogen and oxygen atoms in total. The molecule has 1 aromatic carbocycles. The lowest BCUT2D eigenvalue weighted by molar-refractivity contribution is -0.258. The molecule has 3 unspecified atom stereocenters. The van der Waals surface area contributed by atoms with Crippen molar-refractivity contribution in [1.82, 2.24) is 9.62 Å². The highest BCUT2D eigenvalue weighted by atomic mass is 32.2. The second-order valence-electron chi connectivity index (χ2n) is 12.3. The molecule has 1 heterocycles. The number of carbonyl (C=O) groups is 2. The normalized spacial score (nSPS) is 36.0. The van der Waals surface area contributed by atoms with Gasteiger partial charge >= 0.3 is 12.1 Å². The van der Waals surface area contributed by atoms with Crippen molar-refractivity contribution in [2.75, 3.05) is 13.7 Å². The number of hydrogen-bond donors (Lipinski definition) is 2. The molecule has 0 aromatic heterocycles.